The van der Waals surface area contributed by atoms with Gasteiger partial charge in [0.1, 0.15) is 5.60 Å². The first-order valence-electron chi connectivity index (χ1n) is 6.08. The van der Waals surface area contributed by atoms with Crippen molar-refractivity contribution in [2.75, 3.05) is 13.2 Å². The van der Waals surface area contributed by atoms with Crippen LogP contribution in [0.15, 0.2) is 24.3 Å². The molecule has 1 heterocycles. The molecule has 0 bridgehead atoms. The Morgan fingerprint density at radius 3 is 2.06 bits per heavy atom. The molecule has 92 valence electrons. The molecule has 0 amide bonds. The molecule has 0 aromatic heterocycles. The third-order valence-electron chi connectivity index (χ3n) is 2.24. The van der Waals surface area contributed by atoms with Crippen molar-refractivity contribution in [1.29, 1.82) is 0 Å². The predicted octanol–water partition coefficient (Wildman–Crippen LogP) is 3.27. The number of hydrogen-bond donors (Lipinski definition) is 1. The zero-order chi connectivity index (χ0) is 12.6. The SMILES string of the molecule is CC.CC.Cc1cccc(C2(O)COC2)c1. The van der Waals surface area contributed by atoms with Gasteiger partial charge >= 0.3 is 0 Å². The van der Waals surface area contributed by atoms with E-state index in [1.54, 1.807) is 0 Å². The van der Waals surface area contributed by atoms with Crippen LogP contribution in [0.3, 0.4) is 0 Å². The van der Waals surface area contributed by atoms with Crippen molar-refractivity contribution >= 4 is 0 Å². The highest BCUT2D eigenvalue weighted by Crippen LogP contribution is 2.29. The molecule has 0 aliphatic carbocycles. The first-order valence-corrected chi connectivity index (χ1v) is 6.08. The van der Waals surface area contributed by atoms with E-state index >= 15 is 0 Å². The zero-order valence-electron chi connectivity index (χ0n) is 11.1. The molecule has 0 saturated carbocycles. The van der Waals surface area contributed by atoms with Crippen LogP contribution in [0, 0.1) is 6.92 Å². The molecule has 16 heavy (non-hydrogen) atoms. The number of ether oxygens (including phenoxy) is 1. The van der Waals surface area contributed by atoms with Crippen LogP contribution in [0.25, 0.3) is 0 Å². The minimum absolute atomic E-state index is 0.427. The monoisotopic (exact) mass is 224 g/mol. The maximum Gasteiger partial charge on any atom is 0.136 e. The lowest BCUT2D eigenvalue weighted by atomic mass is 9.91. The van der Waals surface area contributed by atoms with Crippen molar-refractivity contribution in [2.45, 2.75) is 40.2 Å². The molecule has 1 N–H and O–H groups in total. The lowest BCUT2D eigenvalue weighted by Crippen LogP contribution is -2.46. The molecule has 1 aliphatic rings. The van der Waals surface area contributed by atoms with E-state index in [2.05, 4.69) is 0 Å². The first kappa shape index (κ1) is 15.1. The second-order valence-electron chi connectivity index (χ2n) is 3.39. The van der Waals surface area contributed by atoms with Crippen LogP contribution in [-0.4, -0.2) is 18.3 Å². The molecule has 0 unspecified atom stereocenters. The fourth-order valence-corrected chi connectivity index (χ4v) is 1.40. The van der Waals surface area contributed by atoms with E-state index < -0.39 is 5.60 Å². The highest BCUT2D eigenvalue weighted by atomic mass is 16.5. The van der Waals surface area contributed by atoms with Gasteiger partial charge in [-0.15, -0.1) is 0 Å². The minimum atomic E-state index is -0.716. The van der Waals surface area contributed by atoms with Crippen LogP contribution in [0.1, 0.15) is 38.8 Å². The van der Waals surface area contributed by atoms with Gasteiger partial charge in [0.05, 0.1) is 13.2 Å². The van der Waals surface area contributed by atoms with E-state index in [9.17, 15) is 5.11 Å². The third-order valence-corrected chi connectivity index (χ3v) is 2.24. The topological polar surface area (TPSA) is 29.5 Å². The standard InChI is InChI=1S/C10H12O2.2C2H6/c1-8-3-2-4-9(5-8)10(11)6-12-7-10;2*1-2/h2-5,11H,6-7H2,1H3;2*1-2H3. The van der Waals surface area contributed by atoms with E-state index in [-0.39, 0.29) is 0 Å². The smallest absolute Gasteiger partial charge is 0.136 e. The first-order chi connectivity index (χ1) is 7.71. The van der Waals surface area contributed by atoms with E-state index in [1.807, 2.05) is 58.9 Å². The van der Waals surface area contributed by atoms with Crippen LogP contribution in [0.5, 0.6) is 0 Å². The molecule has 1 aliphatic heterocycles. The molecule has 2 rings (SSSR count). The Hall–Kier alpha value is -0.860. The van der Waals surface area contributed by atoms with Gasteiger partial charge in [-0.3, -0.25) is 0 Å². The van der Waals surface area contributed by atoms with Gasteiger partial charge in [-0.1, -0.05) is 57.5 Å². The molecule has 1 saturated heterocycles. The van der Waals surface area contributed by atoms with Gasteiger partial charge in [-0.05, 0) is 12.5 Å². The van der Waals surface area contributed by atoms with Gasteiger partial charge in [-0.25, -0.2) is 0 Å². The number of aliphatic hydroxyl groups is 1. The lowest BCUT2D eigenvalue weighted by molar-refractivity contribution is -0.184. The highest BCUT2D eigenvalue weighted by Gasteiger charge is 2.37. The number of hydrogen-bond acceptors (Lipinski definition) is 2. The van der Waals surface area contributed by atoms with Crippen LogP contribution in [0.4, 0.5) is 0 Å². The van der Waals surface area contributed by atoms with E-state index in [0.717, 1.165) is 5.56 Å². The van der Waals surface area contributed by atoms with Gasteiger partial charge in [0.2, 0.25) is 0 Å². The summed E-state index contributed by atoms with van der Waals surface area (Å²) in [5.74, 6) is 0. The summed E-state index contributed by atoms with van der Waals surface area (Å²) in [6, 6.07) is 7.92. The van der Waals surface area contributed by atoms with Crippen molar-refractivity contribution in [2.24, 2.45) is 0 Å². The van der Waals surface area contributed by atoms with Gasteiger partial charge in [0.25, 0.3) is 0 Å². The number of rotatable bonds is 1. The lowest BCUT2D eigenvalue weighted by Gasteiger charge is -2.36. The van der Waals surface area contributed by atoms with Crippen LogP contribution in [0.2, 0.25) is 0 Å². The van der Waals surface area contributed by atoms with Crippen molar-refractivity contribution in [3.63, 3.8) is 0 Å². The maximum atomic E-state index is 9.88. The summed E-state index contributed by atoms with van der Waals surface area (Å²) in [6.45, 7) is 10.9. The van der Waals surface area contributed by atoms with Crippen LogP contribution < -0.4 is 0 Å². The average molecular weight is 224 g/mol. The van der Waals surface area contributed by atoms with E-state index in [0.29, 0.717) is 13.2 Å². The molecule has 2 heteroatoms. The largest absolute Gasteiger partial charge is 0.380 e. The van der Waals surface area contributed by atoms with Crippen LogP contribution in [-0.2, 0) is 10.3 Å². The Kier molecular flexibility index (Phi) is 7.02. The van der Waals surface area contributed by atoms with Gasteiger partial charge in [0.15, 0.2) is 0 Å². The summed E-state index contributed by atoms with van der Waals surface area (Å²) in [5.41, 5.74) is 1.42. The molecule has 0 spiro atoms. The molecule has 0 radical (unpaired) electrons. The fraction of sp³-hybridized carbons (Fsp3) is 0.571. The van der Waals surface area contributed by atoms with Crippen molar-refractivity contribution in [3.8, 4) is 0 Å². The summed E-state index contributed by atoms with van der Waals surface area (Å²) in [6.07, 6.45) is 0. The summed E-state index contributed by atoms with van der Waals surface area (Å²) >= 11 is 0. The molecule has 1 aromatic rings. The molecule has 1 aromatic carbocycles. The molecule has 2 nitrogen and oxygen atoms in total. The summed E-state index contributed by atoms with van der Waals surface area (Å²) < 4.78 is 4.98. The van der Waals surface area contributed by atoms with Gasteiger partial charge in [-0.2, -0.15) is 0 Å². The Balaban J connectivity index is 0.000000509. The van der Waals surface area contributed by atoms with E-state index in [4.69, 9.17) is 4.74 Å². The van der Waals surface area contributed by atoms with Gasteiger partial charge in [0, 0.05) is 0 Å². The molecule has 0 atom stereocenters. The molecule has 1 fully saturated rings. The van der Waals surface area contributed by atoms with E-state index in [1.165, 1.54) is 5.56 Å². The summed E-state index contributed by atoms with van der Waals surface area (Å²) in [5, 5.41) is 9.88. The van der Waals surface area contributed by atoms with Crippen molar-refractivity contribution < 1.29 is 9.84 Å². The predicted molar refractivity (Wildman–Crippen MR) is 68.6 cm³/mol. The summed E-state index contributed by atoms with van der Waals surface area (Å²) in [7, 11) is 0. The second kappa shape index (κ2) is 7.42. The average Bonchev–Trinajstić information content (AvgIpc) is 2.31. The fourth-order valence-electron chi connectivity index (χ4n) is 1.40. The quantitative estimate of drug-likeness (QED) is 0.793. The number of aryl methyl sites for hydroxylation is 1. The molecular formula is C14H24O2. The Morgan fingerprint density at radius 2 is 1.69 bits per heavy atom. The van der Waals surface area contributed by atoms with Crippen molar-refractivity contribution in [1.82, 2.24) is 0 Å². The minimum Gasteiger partial charge on any atom is -0.380 e. The molecular weight excluding hydrogens is 200 g/mol. The Morgan fingerprint density at radius 1 is 1.12 bits per heavy atom. The third kappa shape index (κ3) is 3.62. The number of benzene rings is 1. The van der Waals surface area contributed by atoms with Crippen molar-refractivity contribution in [3.05, 3.63) is 35.4 Å². The maximum absolute atomic E-state index is 9.88. The van der Waals surface area contributed by atoms with Gasteiger partial charge < -0.3 is 9.84 Å². The normalized spacial score (nSPS) is 15.9. The van der Waals surface area contributed by atoms with Crippen LogP contribution >= 0.6 is 0 Å². The Labute approximate surface area is 99.3 Å². The zero-order valence-corrected chi connectivity index (χ0v) is 11.1. The summed E-state index contributed by atoms with van der Waals surface area (Å²) in [4.78, 5) is 0. The second-order valence-corrected chi connectivity index (χ2v) is 3.39. The highest BCUT2D eigenvalue weighted by molar-refractivity contribution is 5.28. The Bertz CT molecular complexity index is 291.